The quantitative estimate of drug-likeness (QED) is 0.544. The van der Waals surface area contributed by atoms with E-state index in [9.17, 15) is 24.8 Å². The zero-order valence-corrected chi connectivity index (χ0v) is 16.5. The van der Waals surface area contributed by atoms with Crippen LogP contribution in [0.3, 0.4) is 0 Å². The molecule has 0 radical (unpaired) electrons. The van der Waals surface area contributed by atoms with E-state index in [0.717, 1.165) is 11.6 Å². The topological polar surface area (TPSA) is 110 Å². The molecule has 2 aromatic carbocycles. The second kappa shape index (κ2) is 8.39. The second-order valence-corrected chi connectivity index (χ2v) is 7.82. The van der Waals surface area contributed by atoms with E-state index in [4.69, 9.17) is 11.6 Å². The van der Waals surface area contributed by atoms with Gasteiger partial charge in [0.15, 0.2) is 0 Å². The van der Waals surface area contributed by atoms with Crippen LogP contribution in [0, 0.1) is 10.1 Å². The standard InChI is InChI=1S/C20H21ClN2O5/c1-20(2,3)13-6-4-12(5-7-13)17(11-18(24)25)22-19(26)15-9-8-14(23(27)28)10-16(15)21/h4-10,17H,11H2,1-3H3,(H,22,26)(H,24,25)/t17-/m1/s1. The zero-order valence-electron chi connectivity index (χ0n) is 15.7. The van der Waals surface area contributed by atoms with Gasteiger partial charge in [0.1, 0.15) is 0 Å². The summed E-state index contributed by atoms with van der Waals surface area (Å²) in [4.78, 5) is 34.0. The van der Waals surface area contributed by atoms with Crippen molar-refractivity contribution in [3.8, 4) is 0 Å². The molecule has 0 spiro atoms. The number of carbonyl (C=O) groups is 2. The number of rotatable bonds is 6. The fourth-order valence-corrected chi connectivity index (χ4v) is 2.94. The van der Waals surface area contributed by atoms with Crippen LogP contribution in [0.15, 0.2) is 42.5 Å². The normalized spacial score (nSPS) is 12.3. The molecular weight excluding hydrogens is 384 g/mol. The molecule has 0 aliphatic carbocycles. The lowest BCUT2D eigenvalue weighted by molar-refractivity contribution is -0.384. The Bertz CT molecular complexity index is 904. The van der Waals surface area contributed by atoms with Crippen molar-refractivity contribution in [3.05, 3.63) is 74.3 Å². The molecule has 2 N–H and O–H groups in total. The van der Waals surface area contributed by atoms with E-state index in [0.29, 0.717) is 5.56 Å². The maximum Gasteiger partial charge on any atom is 0.305 e. The molecule has 0 saturated heterocycles. The number of amides is 1. The summed E-state index contributed by atoms with van der Waals surface area (Å²) in [5.74, 6) is -1.67. The Morgan fingerprint density at radius 3 is 2.25 bits per heavy atom. The van der Waals surface area contributed by atoms with Gasteiger partial charge < -0.3 is 10.4 Å². The first-order valence-corrected chi connectivity index (χ1v) is 8.94. The van der Waals surface area contributed by atoms with Crippen LogP contribution in [-0.4, -0.2) is 21.9 Å². The van der Waals surface area contributed by atoms with Crippen LogP contribution in [0.25, 0.3) is 0 Å². The molecule has 2 rings (SSSR count). The molecule has 7 nitrogen and oxygen atoms in total. The number of halogens is 1. The fourth-order valence-electron chi connectivity index (χ4n) is 2.68. The van der Waals surface area contributed by atoms with E-state index in [1.807, 2.05) is 12.1 Å². The summed E-state index contributed by atoms with van der Waals surface area (Å²) >= 11 is 5.99. The molecule has 0 aromatic heterocycles. The van der Waals surface area contributed by atoms with E-state index >= 15 is 0 Å². The number of nitrogens with zero attached hydrogens (tertiary/aromatic N) is 1. The van der Waals surface area contributed by atoms with Crippen molar-refractivity contribution in [2.24, 2.45) is 0 Å². The van der Waals surface area contributed by atoms with Crippen LogP contribution in [0.4, 0.5) is 5.69 Å². The number of hydrogen-bond donors (Lipinski definition) is 2. The van der Waals surface area contributed by atoms with E-state index < -0.39 is 22.8 Å². The molecule has 0 aliphatic rings. The smallest absolute Gasteiger partial charge is 0.305 e. The Labute approximate surface area is 167 Å². The summed E-state index contributed by atoms with van der Waals surface area (Å²) < 4.78 is 0. The number of nitro benzene ring substituents is 1. The maximum atomic E-state index is 12.6. The summed E-state index contributed by atoms with van der Waals surface area (Å²) in [5.41, 5.74) is 1.46. The molecule has 0 aliphatic heterocycles. The van der Waals surface area contributed by atoms with E-state index in [1.165, 1.54) is 12.1 Å². The average molecular weight is 405 g/mol. The summed E-state index contributed by atoms with van der Waals surface area (Å²) in [6, 6.07) is 10.1. The molecule has 28 heavy (non-hydrogen) atoms. The fraction of sp³-hybridized carbons (Fsp3) is 0.300. The molecule has 0 saturated carbocycles. The molecule has 148 valence electrons. The van der Waals surface area contributed by atoms with Crippen molar-refractivity contribution in [2.45, 2.75) is 38.6 Å². The lowest BCUT2D eigenvalue weighted by Gasteiger charge is -2.22. The van der Waals surface area contributed by atoms with Gasteiger partial charge in [-0.15, -0.1) is 0 Å². The third-order valence-electron chi connectivity index (χ3n) is 4.27. The van der Waals surface area contributed by atoms with Gasteiger partial charge in [-0.3, -0.25) is 19.7 Å². The second-order valence-electron chi connectivity index (χ2n) is 7.42. The number of aliphatic carboxylic acids is 1. The Morgan fingerprint density at radius 1 is 1.18 bits per heavy atom. The summed E-state index contributed by atoms with van der Waals surface area (Å²) in [7, 11) is 0. The van der Waals surface area contributed by atoms with Crippen LogP contribution in [0.5, 0.6) is 0 Å². The molecule has 0 unspecified atom stereocenters. The number of hydrogen-bond acceptors (Lipinski definition) is 4. The molecule has 0 heterocycles. The highest BCUT2D eigenvalue weighted by Gasteiger charge is 2.22. The monoisotopic (exact) mass is 404 g/mol. The van der Waals surface area contributed by atoms with Gasteiger partial charge in [0.05, 0.1) is 28.0 Å². The van der Waals surface area contributed by atoms with Crippen molar-refractivity contribution >= 4 is 29.2 Å². The number of carboxylic acids is 1. The summed E-state index contributed by atoms with van der Waals surface area (Å²) in [6.07, 6.45) is -0.314. The molecule has 1 atom stereocenters. The first kappa shape index (κ1) is 21.4. The van der Waals surface area contributed by atoms with Crippen LogP contribution in [-0.2, 0) is 10.2 Å². The summed E-state index contributed by atoms with van der Waals surface area (Å²) in [6.45, 7) is 6.19. The molecule has 8 heteroatoms. The van der Waals surface area contributed by atoms with Crippen molar-refractivity contribution in [3.63, 3.8) is 0 Å². The number of nitro groups is 1. The van der Waals surface area contributed by atoms with Crippen molar-refractivity contribution in [1.82, 2.24) is 5.32 Å². The maximum absolute atomic E-state index is 12.6. The van der Waals surface area contributed by atoms with E-state index in [1.54, 1.807) is 12.1 Å². The highest BCUT2D eigenvalue weighted by molar-refractivity contribution is 6.34. The number of nitrogens with one attached hydrogen (secondary N) is 1. The Morgan fingerprint density at radius 2 is 1.79 bits per heavy atom. The van der Waals surface area contributed by atoms with E-state index in [2.05, 4.69) is 26.1 Å². The van der Waals surface area contributed by atoms with Gasteiger partial charge in [-0.1, -0.05) is 56.6 Å². The van der Waals surface area contributed by atoms with Crippen LogP contribution in [0.2, 0.25) is 5.02 Å². The highest BCUT2D eigenvalue weighted by Crippen LogP contribution is 2.27. The van der Waals surface area contributed by atoms with Gasteiger partial charge in [0.2, 0.25) is 0 Å². The Hall–Kier alpha value is -2.93. The largest absolute Gasteiger partial charge is 0.481 e. The minimum Gasteiger partial charge on any atom is -0.481 e. The minimum atomic E-state index is -1.07. The number of carboxylic acid groups (broad SMARTS) is 1. The molecule has 0 bridgehead atoms. The van der Waals surface area contributed by atoms with Crippen LogP contribution < -0.4 is 5.32 Å². The van der Waals surface area contributed by atoms with Gasteiger partial charge in [-0.05, 0) is 22.6 Å². The minimum absolute atomic E-state index is 0.0361. The van der Waals surface area contributed by atoms with Gasteiger partial charge in [-0.25, -0.2) is 0 Å². The first-order valence-electron chi connectivity index (χ1n) is 8.56. The van der Waals surface area contributed by atoms with Crippen molar-refractivity contribution in [2.75, 3.05) is 0 Å². The van der Waals surface area contributed by atoms with E-state index in [-0.39, 0.29) is 28.1 Å². The molecule has 2 aromatic rings. The molecule has 1 amide bonds. The Balaban J connectivity index is 2.28. The average Bonchev–Trinajstić information content (AvgIpc) is 2.59. The predicted molar refractivity (Wildman–Crippen MR) is 106 cm³/mol. The lowest BCUT2D eigenvalue weighted by Crippen LogP contribution is -2.30. The van der Waals surface area contributed by atoms with Gasteiger partial charge >= 0.3 is 5.97 Å². The molecular formula is C20H21ClN2O5. The lowest BCUT2D eigenvalue weighted by atomic mass is 9.86. The van der Waals surface area contributed by atoms with Crippen LogP contribution in [0.1, 0.15) is 54.7 Å². The van der Waals surface area contributed by atoms with Gasteiger partial charge in [0.25, 0.3) is 11.6 Å². The van der Waals surface area contributed by atoms with Gasteiger partial charge in [-0.2, -0.15) is 0 Å². The SMILES string of the molecule is CC(C)(C)c1ccc([C@@H](CC(=O)O)NC(=O)c2ccc([N+](=O)[O-])cc2Cl)cc1. The number of carbonyl (C=O) groups excluding carboxylic acids is 1. The third kappa shape index (κ3) is 5.29. The van der Waals surface area contributed by atoms with Crippen molar-refractivity contribution < 1.29 is 19.6 Å². The highest BCUT2D eigenvalue weighted by atomic mass is 35.5. The predicted octanol–water partition coefficient (Wildman–Crippen LogP) is 4.49. The third-order valence-corrected chi connectivity index (χ3v) is 4.58. The van der Waals surface area contributed by atoms with Gasteiger partial charge in [0, 0.05) is 12.1 Å². The number of benzene rings is 2. The zero-order chi connectivity index (χ0) is 21.1. The first-order chi connectivity index (χ1) is 13.0. The Kier molecular flexibility index (Phi) is 6.41. The number of non-ortho nitro benzene ring substituents is 1. The van der Waals surface area contributed by atoms with Crippen molar-refractivity contribution in [1.29, 1.82) is 0 Å². The van der Waals surface area contributed by atoms with Crippen LogP contribution >= 0.6 is 11.6 Å². The molecule has 0 fully saturated rings. The summed E-state index contributed by atoms with van der Waals surface area (Å²) in [5, 5.41) is 22.6.